The average molecular weight is 210 g/mol. The molecule has 0 spiro atoms. The standard InChI is InChI=1S/C12H18O3/c1-3-14-11-7-8(2)12-9(13)5-4-6-10(12)15-11/h8,11H,3-7H2,1-2H3. The first-order valence-electron chi connectivity index (χ1n) is 5.77. The van der Waals surface area contributed by atoms with Crippen LogP contribution in [0.5, 0.6) is 0 Å². The Morgan fingerprint density at radius 3 is 3.00 bits per heavy atom. The van der Waals surface area contributed by atoms with Gasteiger partial charge in [0.2, 0.25) is 0 Å². The normalized spacial score (nSPS) is 31.2. The molecule has 2 aliphatic rings. The van der Waals surface area contributed by atoms with E-state index in [1.807, 2.05) is 6.92 Å². The quantitative estimate of drug-likeness (QED) is 0.702. The molecule has 0 aromatic carbocycles. The number of carbonyl (C=O) groups is 1. The number of ketones is 1. The van der Waals surface area contributed by atoms with E-state index in [1.165, 1.54) is 0 Å². The van der Waals surface area contributed by atoms with E-state index in [1.54, 1.807) is 0 Å². The summed E-state index contributed by atoms with van der Waals surface area (Å²) in [6.45, 7) is 4.71. The van der Waals surface area contributed by atoms with Gasteiger partial charge in [0.05, 0.1) is 0 Å². The Hall–Kier alpha value is -0.830. The second-order valence-electron chi connectivity index (χ2n) is 4.25. The first-order valence-corrected chi connectivity index (χ1v) is 5.77. The van der Waals surface area contributed by atoms with Gasteiger partial charge in [-0.2, -0.15) is 0 Å². The molecule has 1 aliphatic carbocycles. The number of ether oxygens (including phenoxy) is 2. The Bertz CT molecular complexity index is 293. The minimum absolute atomic E-state index is 0.144. The fourth-order valence-corrected chi connectivity index (χ4v) is 2.41. The van der Waals surface area contributed by atoms with Crippen LogP contribution in [0.3, 0.4) is 0 Å². The summed E-state index contributed by atoms with van der Waals surface area (Å²) < 4.78 is 11.2. The van der Waals surface area contributed by atoms with Gasteiger partial charge in [0.25, 0.3) is 0 Å². The van der Waals surface area contributed by atoms with E-state index >= 15 is 0 Å². The number of rotatable bonds is 2. The third-order valence-electron chi connectivity index (χ3n) is 3.07. The van der Waals surface area contributed by atoms with Crippen LogP contribution in [0.25, 0.3) is 0 Å². The van der Waals surface area contributed by atoms with Crippen LogP contribution in [-0.2, 0) is 14.3 Å². The molecule has 0 bridgehead atoms. The summed E-state index contributed by atoms with van der Waals surface area (Å²) >= 11 is 0. The molecule has 0 saturated carbocycles. The van der Waals surface area contributed by atoms with Crippen LogP contribution in [0.1, 0.15) is 39.5 Å². The number of allylic oxidation sites excluding steroid dienone is 2. The summed E-state index contributed by atoms with van der Waals surface area (Å²) in [4.78, 5) is 11.7. The first-order chi connectivity index (χ1) is 7.22. The average Bonchev–Trinajstić information content (AvgIpc) is 2.17. The van der Waals surface area contributed by atoms with E-state index in [0.29, 0.717) is 13.0 Å². The zero-order valence-electron chi connectivity index (χ0n) is 9.41. The van der Waals surface area contributed by atoms with E-state index in [0.717, 1.165) is 30.6 Å². The number of Topliss-reactive ketones (excluding diaryl/α,β-unsaturated/α-hetero) is 1. The molecular formula is C12H18O3. The van der Waals surface area contributed by atoms with Gasteiger partial charge >= 0.3 is 0 Å². The van der Waals surface area contributed by atoms with Gasteiger partial charge in [0.1, 0.15) is 5.76 Å². The van der Waals surface area contributed by atoms with E-state index < -0.39 is 0 Å². The van der Waals surface area contributed by atoms with Crippen LogP contribution in [0, 0.1) is 5.92 Å². The summed E-state index contributed by atoms with van der Waals surface area (Å²) in [6.07, 6.45) is 3.16. The van der Waals surface area contributed by atoms with Crippen molar-refractivity contribution < 1.29 is 14.3 Å². The molecule has 0 fully saturated rings. The van der Waals surface area contributed by atoms with Gasteiger partial charge in [-0.15, -0.1) is 0 Å². The molecule has 1 aliphatic heterocycles. The maximum Gasteiger partial charge on any atom is 0.199 e. The SMILES string of the molecule is CCOC1CC(C)C2=C(CCCC2=O)O1. The second-order valence-corrected chi connectivity index (χ2v) is 4.25. The fourth-order valence-electron chi connectivity index (χ4n) is 2.41. The molecule has 0 aromatic heterocycles. The van der Waals surface area contributed by atoms with Gasteiger partial charge in [-0.1, -0.05) is 6.92 Å². The van der Waals surface area contributed by atoms with Crippen LogP contribution in [-0.4, -0.2) is 18.7 Å². The van der Waals surface area contributed by atoms with E-state index in [9.17, 15) is 4.79 Å². The Morgan fingerprint density at radius 2 is 2.27 bits per heavy atom. The zero-order valence-corrected chi connectivity index (χ0v) is 9.41. The molecule has 2 unspecified atom stereocenters. The van der Waals surface area contributed by atoms with Crippen molar-refractivity contribution in [2.75, 3.05) is 6.61 Å². The van der Waals surface area contributed by atoms with Crippen LogP contribution < -0.4 is 0 Å². The van der Waals surface area contributed by atoms with E-state index in [2.05, 4.69) is 6.92 Å². The van der Waals surface area contributed by atoms with Gasteiger partial charge in [-0.05, 0) is 19.3 Å². The maximum absolute atomic E-state index is 11.7. The highest BCUT2D eigenvalue weighted by Crippen LogP contribution is 2.36. The lowest BCUT2D eigenvalue weighted by Crippen LogP contribution is -2.31. The Kier molecular flexibility index (Phi) is 3.10. The minimum atomic E-state index is -0.144. The zero-order chi connectivity index (χ0) is 10.8. The molecule has 0 radical (unpaired) electrons. The van der Waals surface area contributed by atoms with Crippen LogP contribution in [0.15, 0.2) is 11.3 Å². The molecule has 0 N–H and O–H groups in total. The van der Waals surface area contributed by atoms with Crippen molar-refractivity contribution in [1.82, 2.24) is 0 Å². The summed E-state index contributed by atoms with van der Waals surface area (Å²) in [7, 11) is 0. The van der Waals surface area contributed by atoms with Crippen molar-refractivity contribution in [3.05, 3.63) is 11.3 Å². The highest BCUT2D eigenvalue weighted by Gasteiger charge is 2.33. The Labute approximate surface area is 90.4 Å². The monoisotopic (exact) mass is 210 g/mol. The fraction of sp³-hybridized carbons (Fsp3) is 0.750. The predicted molar refractivity (Wildman–Crippen MR) is 56.2 cm³/mol. The lowest BCUT2D eigenvalue weighted by atomic mass is 9.84. The molecule has 0 saturated heterocycles. The topological polar surface area (TPSA) is 35.5 Å². The van der Waals surface area contributed by atoms with Crippen LogP contribution in [0.2, 0.25) is 0 Å². The van der Waals surface area contributed by atoms with Gasteiger partial charge in [-0.25, -0.2) is 0 Å². The molecule has 1 heterocycles. The van der Waals surface area contributed by atoms with Crippen molar-refractivity contribution in [1.29, 1.82) is 0 Å². The highest BCUT2D eigenvalue weighted by molar-refractivity contribution is 5.97. The van der Waals surface area contributed by atoms with Crippen LogP contribution >= 0.6 is 0 Å². The van der Waals surface area contributed by atoms with Gasteiger partial charge in [0.15, 0.2) is 12.1 Å². The van der Waals surface area contributed by atoms with Crippen molar-refractivity contribution in [2.45, 2.75) is 45.8 Å². The third-order valence-corrected chi connectivity index (χ3v) is 3.07. The number of carbonyl (C=O) groups excluding carboxylic acids is 1. The van der Waals surface area contributed by atoms with Gasteiger partial charge in [0, 0.05) is 31.4 Å². The molecule has 3 heteroatoms. The van der Waals surface area contributed by atoms with Crippen molar-refractivity contribution in [3.63, 3.8) is 0 Å². The molecule has 2 atom stereocenters. The maximum atomic E-state index is 11.7. The molecular weight excluding hydrogens is 192 g/mol. The molecule has 0 amide bonds. The third kappa shape index (κ3) is 2.07. The van der Waals surface area contributed by atoms with Gasteiger partial charge in [-0.3, -0.25) is 4.79 Å². The second kappa shape index (κ2) is 4.35. The minimum Gasteiger partial charge on any atom is -0.469 e. The summed E-state index contributed by atoms with van der Waals surface area (Å²) in [5.41, 5.74) is 0.928. The first kappa shape index (κ1) is 10.7. The molecule has 15 heavy (non-hydrogen) atoms. The summed E-state index contributed by atoms with van der Waals surface area (Å²) in [5, 5.41) is 0. The van der Waals surface area contributed by atoms with E-state index in [4.69, 9.17) is 9.47 Å². The number of hydrogen-bond donors (Lipinski definition) is 0. The van der Waals surface area contributed by atoms with E-state index in [-0.39, 0.29) is 18.0 Å². The molecule has 3 nitrogen and oxygen atoms in total. The van der Waals surface area contributed by atoms with Gasteiger partial charge < -0.3 is 9.47 Å². The Balaban J connectivity index is 2.17. The van der Waals surface area contributed by atoms with Crippen molar-refractivity contribution in [3.8, 4) is 0 Å². The molecule has 0 aromatic rings. The molecule has 84 valence electrons. The largest absolute Gasteiger partial charge is 0.469 e. The summed E-state index contributed by atoms with van der Waals surface area (Å²) in [6, 6.07) is 0. The number of hydrogen-bond acceptors (Lipinski definition) is 3. The smallest absolute Gasteiger partial charge is 0.199 e. The lowest BCUT2D eigenvalue weighted by molar-refractivity contribution is -0.140. The Morgan fingerprint density at radius 1 is 1.47 bits per heavy atom. The summed E-state index contributed by atoms with van der Waals surface area (Å²) in [5.74, 6) is 1.46. The lowest BCUT2D eigenvalue weighted by Gasteiger charge is -2.33. The van der Waals surface area contributed by atoms with Crippen LogP contribution in [0.4, 0.5) is 0 Å². The highest BCUT2D eigenvalue weighted by atomic mass is 16.7. The predicted octanol–water partition coefficient (Wildman–Crippen LogP) is 2.41. The van der Waals surface area contributed by atoms with Crippen molar-refractivity contribution in [2.24, 2.45) is 5.92 Å². The van der Waals surface area contributed by atoms with Crippen molar-refractivity contribution >= 4 is 5.78 Å². The molecule has 2 rings (SSSR count).